The minimum absolute atomic E-state index is 0.203. The number of benzene rings is 1. The standard InChI is InChI=1S/C12H12N6O/c13-17-14-8-12(19)16-11-4-2-10(3-5-11)9-18-7-1-6-15-18/h1-7H,8-9H2,(H,16,19). The van der Waals surface area contributed by atoms with Crippen LogP contribution in [0.25, 0.3) is 10.4 Å². The predicted octanol–water partition coefficient (Wildman–Crippen LogP) is 2.18. The van der Waals surface area contributed by atoms with Gasteiger partial charge in [0, 0.05) is 23.0 Å². The first-order valence-electron chi connectivity index (χ1n) is 5.65. The fourth-order valence-electron chi connectivity index (χ4n) is 1.57. The van der Waals surface area contributed by atoms with Gasteiger partial charge in [-0.2, -0.15) is 5.10 Å². The molecule has 0 aliphatic carbocycles. The molecule has 1 aromatic heterocycles. The van der Waals surface area contributed by atoms with Crippen molar-refractivity contribution in [2.75, 3.05) is 11.9 Å². The number of hydrogen-bond donors (Lipinski definition) is 1. The number of nitrogens with zero attached hydrogens (tertiary/aromatic N) is 5. The van der Waals surface area contributed by atoms with Crippen molar-refractivity contribution in [2.24, 2.45) is 5.11 Å². The van der Waals surface area contributed by atoms with Crippen LogP contribution in [-0.2, 0) is 11.3 Å². The Bertz CT molecular complexity index is 583. The van der Waals surface area contributed by atoms with Gasteiger partial charge in [0.15, 0.2) is 0 Å². The normalized spacial score (nSPS) is 9.68. The highest BCUT2D eigenvalue weighted by atomic mass is 16.1. The molecule has 2 rings (SSSR count). The Kier molecular flexibility index (Phi) is 4.15. The topological polar surface area (TPSA) is 95.7 Å². The molecule has 0 saturated heterocycles. The molecule has 2 aromatic rings. The van der Waals surface area contributed by atoms with Crippen LogP contribution in [0.5, 0.6) is 0 Å². The van der Waals surface area contributed by atoms with Crippen molar-refractivity contribution >= 4 is 11.6 Å². The molecule has 19 heavy (non-hydrogen) atoms. The second kappa shape index (κ2) is 6.23. The van der Waals surface area contributed by atoms with Crippen LogP contribution < -0.4 is 5.32 Å². The lowest BCUT2D eigenvalue weighted by Gasteiger charge is -2.05. The largest absolute Gasteiger partial charge is 0.326 e. The summed E-state index contributed by atoms with van der Waals surface area (Å²) >= 11 is 0. The van der Waals surface area contributed by atoms with Crippen molar-refractivity contribution in [3.63, 3.8) is 0 Å². The summed E-state index contributed by atoms with van der Waals surface area (Å²) in [5.74, 6) is -0.336. The van der Waals surface area contributed by atoms with Crippen LogP contribution >= 0.6 is 0 Å². The molecule has 0 atom stereocenters. The average molecular weight is 256 g/mol. The molecule has 0 aliphatic rings. The number of hydrogen-bond acceptors (Lipinski definition) is 3. The van der Waals surface area contributed by atoms with Gasteiger partial charge in [-0.25, -0.2) is 0 Å². The first-order valence-corrected chi connectivity index (χ1v) is 5.65. The smallest absolute Gasteiger partial charge is 0.230 e. The summed E-state index contributed by atoms with van der Waals surface area (Å²) in [4.78, 5) is 13.9. The molecule has 0 spiro atoms. The van der Waals surface area contributed by atoms with Gasteiger partial charge in [0.2, 0.25) is 5.91 Å². The third-order valence-corrected chi connectivity index (χ3v) is 2.42. The Morgan fingerprint density at radius 2 is 2.21 bits per heavy atom. The molecule has 1 amide bonds. The second-order valence-electron chi connectivity index (χ2n) is 3.84. The first-order chi connectivity index (χ1) is 9.28. The van der Waals surface area contributed by atoms with Gasteiger partial charge in [0.25, 0.3) is 0 Å². The van der Waals surface area contributed by atoms with Gasteiger partial charge >= 0.3 is 0 Å². The Hall–Kier alpha value is -2.79. The quantitative estimate of drug-likeness (QED) is 0.504. The van der Waals surface area contributed by atoms with E-state index in [0.29, 0.717) is 12.2 Å². The first kappa shape index (κ1) is 12.7. The molecule has 0 aliphatic heterocycles. The van der Waals surface area contributed by atoms with Crippen LogP contribution in [-0.4, -0.2) is 22.2 Å². The van der Waals surface area contributed by atoms with Crippen molar-refractivity contribution in [3.05, 3.63) is 58.7 Å². The molecular weight excluding hydrogens is 244 g/mol. The van der Waals surface area contributed by atoms with Gasteiger partial charge in [0.1, 0.15) is 6.54 Å². The Labute approximate surface area is 109 Å². The summed E-state index contributed by atoms with van der Waals surface area (Å²) in [6.07, 6.45) is 3.61. The maximum absolute atomic E-state index is 11.3. The zero-order valence-electron chi connectivity index (χ0n) is 10.1. The van der Waals surface area contributed by atoms with E-state index in [9.17, 15) is 4.79 Å². The highest BCUT2D eigenvalue weighted by molar-refractivity contribution is 5.92. The summed E-state index contributed by atoms with van der Waals surface area (Å²) in [6, 6.07) is 9.28. The molecule has 7 nitrogen and oxygen atoms in total. The van der Waals surface area contributed by atoms with Crippen LogP contribution in [0.3, 0.4) is 0 Å². The second-order valence-corrected chi connectivity index (χ2v) is 3.84. The molecule has 96 valence electrons. The zero-order chi connectivity index (χ0) is 13.5. The highest BCUT2D eigenvalue weighted by Crippen LogP contribution is 2.10. The van der Waals surface area contributed by atoms with Crippen molar-refractivity contribution in [2.45, 2.75) is 6.54 Å². The molecule has 0 fully saturated rings. The Balaban J connectivity index is 1.94. The van der Waals surface area contributed by atoms with E-state index in [-0.39, 0.29) is 12.5 Å². The molecule has 0 unspecified atom stereocenters. The van der Waals surface area contributed by atoms with Crippen LogP contribution in [0.1, 0.15) is 5.56 Å². The van der Waals surface area contributed by atoms with Gasteiger partial charge in [-0.1, -0.05) is 17.2 Å². The maximum atomic E-state index is 11.3. The van der Waals surface area contributed by atoms with Crippen molar-refractivity contribution in [1.29, 1.82) is 0 Å². The summed E-state index contributed by atoms with van der Waals surface area (Å²) in [5.41, 5.74) is 9.86. The molecule has 1 aromatic carbocycles. The van der Waals surface area contributed by atoms with E-state index in [4.69, 9.17) is 5.53 Å². The Morgan fingerprint density at radius 1 is 1.42 bits per heavy atom. The van der Waals surface area contributed by atoms with Gasteiger partial charge in [0.05, 0.1) is 6.54 Å². The Morgan fingerprint density at radius 3 is 2.84 bits per heavy atom. The number of nitrogens with one attached hydrogen (secondary N) is 1. The molecule has 0 radical (unpaired) electrons. The number of aromatic nitrogens is 2. The predicted molar refractivity (Wildman–Crippen MR) is 70.4 cm³/mol. The number of carbonyl (C=O) groups excluding carboxylic acids is 1. The lowest BCUT2D eigenvalue weighted by atomic mass is 10.2. The van der Waals surface area contributed by atoms with Crippen LogP contribution in [0.4, 0.5) is 5.69 Å². The monoisotopic (exact) mass is 256 g/mol. The van der Waals surface area contributed by atoms with E-state index in [1.54, 1.807) is 18.3 Å². The molecule has 0 bridgehead atoms. The number of carbonyl (C=O) groups is 1. The van der Waals surface area contributed by atoms with Crippen molar-refractivity contribution in [3.8, 4) is 0 Å². The molecule has 1 N–H and O–H groups in total. The van der Waals surface area contributed by atoms with Crippen LogP contribution in [0.2, 0.25) is 0 Å². The average Bonchev–Trinajstić information content (AvgIpc) is 2.91. The highest BCUT2D eigenvalue weighted by Gasteiger charge is 2.01. The lowest BCUT2D eigenvalue weighted by molar-refractivity contribution is -0.114. The summed E-state index contributed by atoms with van der Waals surface area (Å²) in [7, 11) is 0. The summed E-state index contributed by atoms with van der Waals surface area (Å²) < 4.78 is 1.81. The van der Waals surface area contributed by atoms with E-state index in [2.05, 4.69) is 20.4 Å². The van der Waals surface area contributed by atoms with Gasteiger partial charge < -0.3 is 5.32 Å². The zero-order valence-corrected chi connectivity index (χ0v) is 10.1. The number of anilines is 1. The van der Waals surface area contributed by atoms with Crippen molar-refractivity contribution in [1.82, 2.24) is 9.78 Å². The van der Waals surface area contributed by atoms with Gasteiger partial charge in [-0.05, 0) is 29.3 Å². The van der Waals surface area contributed by atoms with Gasteiger partial charge in [-0.3, -0.25) is 9.48 Å². The van der Waals surface area contributed by atoms with Crippen LogP contribution in [0.15, 0.2) is 47.8 Å². The number of rotatable bonds is 5. The molecule has 7 heteroatoms. The fraction of sp³-hybridized carbons (Fsp3) is 0.167. The molecular formula is C12H12N6O. The molecule has 0 saturated carbocycles. The lowest BCUT2D eigenvalue weighted by Crippen LogP contribution is -2.14. The van der Waals surface area contributed by atoms with E-state index < -0.39 is 0 Å². The van der Waals surface area contributed by atoms with E-state index >= 15 is 0 Å². The van der Waals surface area contributed by atoms with E-state index in [1.165, 1.54) is 0 Å². The van der Waals surface area contributed by atoms with Gasteiger partial charge in [-0.15, -0.1) is 0 Å². The third-order valence-electron chi connectivity index (χ3n) is 2.42. The molecule has 1 heterocycles. The number of azide groups is 1. The van der Waals surface area contributed by atoms with E-state index in [0.717, 1.165) is 5.56 Å². The number of amides is 1. The SMILES string of the molecule is [N-]=[N+]=NCC(=O)Nc1ccc(Cn2cccn2)cc1. The minimum atomic E-state index is -0.336. The maximum Gasteiger partial charge on any atom is 0.230 e. The van der Waals surface area contributed by atoms with Crippen LogP contribution in [0, 0.1) is 0 Å². The van der Waals surface area contributed by atoms with E-state index in [1.807, 2.05) is 29.1 Å². The summed E-state index contributed by atoms with van der Waals surface area (Å²) in [5, 5.41) is 9.95. The third kappa shape index (κ3) is 3.86. The van der Waals surface area contributed by atoms with Crippen molar-refractivity contribution < 1.29 is 4.79 Å². The minimum Gasteiger partial charge on any atom is -0.326 e. The summed E-state index contributed by atoms with van der Waals surface area (Å²) in [6.45, 7) is 0.478. The fourth-order valence-corrected chi connectivity index (χ4v) is 1.57.